The van der Waals surface area contributed by atoms with Crippen molar-refractivity contribution in [1.29, 1.82) is 0 Å². The molecule has 0 bridgehead atoms. The second kappa shape index (κ2) is 24.3. The van der Waals surface area contributed by atoms with Crippen LogP contribution in [-0.2, 0) is 47.4 Å². The maximum absolute atomic E-state index is 12.1. The molecule has 0 spiro atoms. The van der Waals surface area contributed by atoms with Crippen molar-refractivity contribution in [2.45, 2.75) is 144 Å². The Balaban J connectivity index is 3.95. The smallest absolute Gasteiger partial charge is 0.311 e. The molecule has 0 saturated heterocycles. The lowest BCUT2D eigenvalue weighted by Crippen LogP contribution is -2.31. The second-order valence-corrected chi connectivity index (χ2v) is 12.8. The molecule has 9 atom stereocenters. The fourth-order valence-electron chi connectivity index (χ4n) is 3.32. The molecule has 0 aromatic rings. The van der Waals surface area contributed by atoms with Crippen LogP contribution >= 0.6 is 0 Å². The van der Waals surface area contributed by atoms with Crippen LogP contribution in [0.25, 0.3) is 0 Å². The number of carbonyl (C=O) groups is 1. The minimum atomic E-state index is -0.487. The maximum atomic E-state index is 12.1. The number of ether oxygens (including phenoxy) is 9. The van der Waals surface area contributed by atoms with Crippen LogP contribution in [0.15, 0.2) is 0 Å². The zero-order valence-electron chi connectivity index (χ0n) is 29.8. The third kappa shape index (κ3) is 23.4. The Labute approximate surface area is 267 Å². The van der Waals surface area contributed by atoms with Gasteiger partial charge in [0.1, 0.15) is 6.61 Å². The number of hydrogen-bond donors (Lipinski definition) is 1. The van der Waals surface area contributed by atoms with Gasteiger partial charge in [0.2, 0.25) is 0 Å². The van der Waals surface area contributed by atoms with E-state index in [-0.39, 0.29) is 61.4 Å². The van der Waals surface area contributed by atoms with Gasteiger partial charge in [-0.25, -0.2) is 0 Å². The van der Waals surface area contributed by atoms with Crippen LogP contribution in [0.5, 0.6) is 0 Å². The van der Waals surface area contributed by atoms with Crippen LogP contribution in [0.1, 0.15) is 89.5 Å². The van der Waals surface area contributed by atoms with Gasteiger partial charge in [-0.2, -0.15) is 0 Å². The number of rotatable bonds is 28. The first-order valence-corrected chi connectivity index (χ1v) is 16.3. The largest absolute Gasteiger partial charge is 0.463 e. The Hall–Kier alpha value is -0.890. The molecule has 0 aliphatic rings. The quantitative estimate of drug-likeness (QED) is 0.121. The summed E-state index contributed by atoms with van der Waals surface area (Å²) in [5, 5.41) is 9.29. The Bertz CT molecular complexity index is 705. The van der Waals surface area contributed by atoms with Gasteiger partial charge in [-0.15, -0.1) is 0 Å². The minimum Gasteiger partial charge on any atom is -0.463 e. The highest BCUT2D eigenvalue weighted by Crippen LogP contribution is 2.21. The van der Waals surface area contributed by atoms with Gasteiger partial charge in [-0.1, -0.05) is 6.92 Å². The Morgan fingerprint density at radius 1 is 0.477 bits per heavy atom. The van der Waals surface area contributed by atoms with Crippen molar-refractivity contribution in [2.75, 3.05) is 59.5 Å². The molecule has 0 radical (unpaired) electrons. The molecule has 9 unspecified atom stereocenters. The third-order valence-corrected chi connectivity index (χ3v) is 6.82. The predicted octanol–water partition coefficient (Wildman–Crippen LogP) is 4.59. The van der Waals surface area contributed by atoms with Crippen LogP contribution in [0.4, 0.5) is 0 Å². The highest BCUT2D eigenvalue weighted by molar-refractivity contribution is 5.75. The van der Waals surface area contributed by atoms with E-state index in [1.54, 1.807) is 6.92 Å². The molecular formula is C33H66O11. The molecule has 0 fully saturated rings. The summed E-state index contributed by atoms with van der Waals surface area (Å²) in [5.74, 6) is -0.207. The molecule has 11 nitrogen and oxygen atoms in total. The van der Waals surface area contributed by atoms with E-state index in [0.29, 0.717) is 52.9 Å². The van der Waals surface area contributed by atoms with Crippen molar-refractivity contribution in [2.24, 2.45) is 5.41 Å². The SMILES string of the molecule is CCC(C)(C)C(=O)OCC(C)OCC(C)OCC(C)OCC(C)OCC(C)OCC(C)OCC(C)OCC(C)OCC(C)O. The van der Waals surface area contributed by atoms with E-state index >= 15 is 0 Å². The molecule has 11 heteroatoms. The highest BCUT2D eigenvalue weighted by atomic mass is 16.6. The molecule has 0 aromatic heterocycles. The van der Waals surface area contributed by atoms with E-state index in [9.17, 15) is 9.90 Å². The van der Waals surface area contributed by atoms with Gasteiger partial charge in [0.15, 0.2) is 0 Å². The molecule has 0 amide bonds. The second-order valence-electron chi connectivity index (χ2n) is 12.8. The van der Waals surface area contributed by atoms with Gasteiger partial charge < -0.3 is 47.7 Å². The highest BCUT2D eigenvalue weighted by Gasteiger charge is 2.27. The number of carbonyl (C=O) groups excluding carboxylic acids is 1. The van der Waals surface area contributed by atoms with E-state index in [1.165, 1.54) is 0 Å². The van der Waals surface area contributed by atoms with Gasteiger partial charge >= 0.3 is 5.97 Å². The molecule has 0 saturated carbocycles. The fraction of sp³-hybridized carbons (Fsp3) is 0.970. The van der Waals surface area contributed by atoms with E-state index < -0.39 is 11.5 Å². The minimum absolute atomic E-state index is 0.0778. The summed E-state index contributed by atoms with van der Waals surface area (Å²) in [5.41, 5.74) is -0.484. The number of hydrogen-bond acceptors (Lipinski definition) is 11. The maximum Gasteiger partial charge on any atom is 0.311 e. The molecule has 0 aliphatic heterocycles. The number of aliphatic hydroxyl groups excluding tert-OH is 1. The van der Waals surface area contributed by atoms with Crippen molar-refractivity contribution >= 4 is 5.97 Å². The van der Waals surface area contributed by atoms with E-state index in [2.05, 4.69) is 0 Å². The first-order valence-electron chi connectivity index (χ1n) is 16.3. The fourth-order valence-corrected chi connectivity index (χ4v) is 3.32. The topological polar surface area (TPSA) is 120 Å². The molecule has 0 aromatic carbocycles. The van der Waals surface area contributed by atoms with Crippen LogP contribution in [0.2, 0.25) is 0 Å². The lowest BCUT2D eigenvalue weighted by Gasteiger charge is -2.23. The number of aliphatic hydroxyl groups is 1. The Morgan fingerprint density at radius 3 is 0.932 bits per heavy atom. The molecular weight excluding hydrogens is 572 g/mol. The molecule has 0 aliphatic carbocycles. The molecule has 0 rings (SSSR count). The van der Waals surface area contributed by atoms with Gasteiger partial charge in [0.05, 0.1) is 113 Å². The Morgan fingerprint density at radius 2 is 0.705 bits per heavy atom. The van der Waals surface area contributed by atoms with Crippen LogP contribution < -0.4 is 0 Å². The third-order valence-electron chi connectivity index (χ3n) is 6.82. The average Bonchev–Trinajstić information content (AvgIpc) is 2.98. The molecule has 44 heavy (non-hydrogen) atoms. The summed E-state index contributed by atoms with van der Waals surface area (Å²) in [4.78, 5) is 12.1. The summed E-state index contributed by atoms with van der Waals surface area (Å²) >= 11 is 0. The standard InChI is InChI=1S/C33H66O11/c1-13-33(11,12)32(35)44-22-31(10)43-21-30(9)42-20-29(8)41-19-28(7)40-18-27(6)39-17-26(5)38-16-25(4)37-15-24(3)36-14-23(2)34/h23-31,34H,13-22H2,1-12H3. The lowest BCUT2D eigenvalue weighted by atomic mass is 9.91. The zero-order chi connectivity index (χ0) is 33.7. The Kier molecular flexibility index (Phi) is 23.8. The normalized spacial score (nSPS) is 18.6. The average molecular weight is 639 g/mol. The zero-order valence-corrected chi connectivity index (χ0v) is 29.8. The lowest BCUT2D eigenvalue weighted by molar-refractivity contribution is -0.159. The monoisotopic (exact) mass is 638 g/mol. The first kappa shape index (κ1) is 43.1. The summed E-state index contributed by atoms with van der Waals surface area (Å²) in [7, 11) is 0. The van der Waals surface area contributed by atoms with Crippen LogP contribution in [0, 0.1) is 5.41 Å². The summed E-state index contributed by atoms with van der Waals surface area (Å²) in [6.07, 6.45) is -0.629. The predicted molar refractivity (Wildman–Crippen MR) is 170 cm³/mol. The van der Waals surface area contributed by atoms with Gasteiger partial charge in [-0.3, -0.25) is 4.79 Å². The van der Waals surface area contributed by atoms with E-state index in [1.807, 2.05) is 76.2 Å². The summed E-state index contributed by atoms with van der Waals surface area (Å²) in [6, 6.07) is 0. The van der Waals surface area contributed by atoms with Gasteiger partial charge in [-0.05, 0) is 82.6 Å². The van der Waals surface area contributed by atoms with Crippen molar-refractivity contribution in [3.63, 3.8) is 0 Å². The number of esters is 1. The van der Waals surface area contributed by atoms with Crippen molar-refractivity contribution in [3.8, 4) is 0 Å². The van der Waals surface area contributed by atoms with Crippen LogP contribution in [0.3, 0.4) is 0 Å². The van der Waals surface area contributed by atoms with Gasteiger partial charge in [0, 0.05) is 0 Å². The van der Waals surface area contributed by atoms with Crippen molar-refractivity contribution in [3.05, 3.63) is 0 Å². The molecule has 0 heterocycles. The van der Waals surface area contributed by atoms with Crippen molar-refractivity contribution in [1.82, 2.24) is 0 Å². The van der Waals surface area contributed by atoms with Crippen LogP contribution in [-0.4, -0.2) is 125 Å². The molecule has 264 valence electrons. The first-order chi connectivity index (χ1) is 20.5. The van der Waals surface area contributed by atoms with E-state index in [4.69, 9.17) is 42.6 Å². The van der Waals surface area contributed by atoms with Gasteiger partial charge in [0.25, 0.3) is 0 Å². The summed E-state index contributed by atoms with van der Waals surface area (Å²) < 4.78 is 51.8. The summed E-state index contributed by atoms with van der Waals surface area (Å²) in [6.45, 7) is 26.6. The molecule has 1 N–H and O–H groups in total. The van der Waals surface area contributed by atoms with Crippen molar-refractivity contribution < 1.29 is 52.5 Å². The van der Waals surface area contributed by atoms with E-state index in [0.717, 1.165) is 6.42 Å².